The molecule has 1 saturated carbocycles. The number of halogens is 3. The second-order valence-corrected chi connectivity index (χ2v) is 7.55. The van der Waals surface area contributed by atoms with Crippen LogP contribution in [0.2, 0.25) is 0 Å². The molecule has 1 saturated heterocycles. The largest absolute Gasteiger partial charge is 0.332 e. The minimum absolute atomic E-state index is 0.0210. The van der Waals surface area contributed by atoms with Gasteiger partial charge in [-0.05, 0) is 42.5 Å². The van der Waals surface area contributed by atoms with E-state index in [9.17, 15) is 22.8 Å². The van der Waals surface area contributed by atoms with Crippen molar-refractivity contribution in [3.05, 3.63) is 35.1 Å². The van der Waals surface area contributed by atoms with Crippen LogP contribution in [0, 0.1) is 11.7 Å². The molecule has 3 aliphatic rings. The molecular weight excluding hydrogens is 345 g/mol. The maximum absolute atomic E-state index is 13.7. The second-order valence-electron chi connectivity index (χ2n) is 7.55. The highest BCUT2D eigenvalue weighted by Gasteiger charge is 2.43. The lowest BCUT2D eigenvalue weighted by Gasteiger charge is -2.45. The normalized spacial score (nSPS) is 25.7. The Kier molecular flexibility index (Phi) is 4.20. The third kappa shape index (κ3) is 3.08. The van der Waals surface area contributed by atoms with E-state index < -0.39 is 11.8 Å². The molecule has 7 heteroatoms. The average Bonchev–Trinajstić information content (AvgIpc) is 2.61. The van der Waals surface area contributed by atoms with E-state index in [1.807, 2.05) is 0 Å². The Bertz CT molecular complexity index is 742. The van der Waals surface area contributed by atoms with E-state index >= 15 is 0 Å². The van der Waals surface area contributed by atoms with Gasteiger partial charge in [-0.25, -0.2) is 13.2 Å². The summed E-state index contributed by atoms with van der Waals surface area (Å²) in [4.78, 5) is 28.5. The number of rotatable bonds is 1. The van der Waals surface area contributed by atoms with Crippen LogP contribution in [0.1, 0.15) is 42.9 Å². The fourth-order valence-corrected chi connectivity index (χ4v) is 4.40. The van der Waals surface area contributed by atoms with Crippen LogP contribution in [-0.2, 0) is 16.0 Å². The summed E-state index contributed by atoms with van der Waals surface area (Å²) in [6, 6.07) is 4.22. The van der Waals surface area contributed by atoms with Crippen molar-refractivity contribution in [1.82, 2.24) is 9.80 Å². The van der Waals surface area contributed by atoms with Gasteiger partial charge in [0.15, 0.2) is 0 Å². The molecule has 0 radical (unpaired) electrons. The van der Waals surface area contributed by atoms with Gasteiger partial charge in [-0.2, -0.15) is 0 Å². The number of carbonyl (C=O) groups is 2. The zero-order chi connectivity index (χ0) is 18.5. The molecule has 2 heterocycles. The van der Waals surface area contributed by atoms with Gasteiger partial charge in [0, 0.05) is 31.8 Å². The van der Waals surface area contributed by atoms with Gasteiger partial charge in [0.2, 0.25) is 17.7 Å². The van der Waals surface area contributed by atoms with Crippen molar-refractivity contribution in [3.63, 3.8) is 0 Å². The van der Waals surface area contributed by atoms with E-state index in [1.54, 1.807) is 11.0 Å². The molecule has 26 heavy (non-hydrogen) atoms. The minimum Gasteiger partial charge on any atom is -0.332 e. The Morgan fingerprint density at radius 1 is 1.19 bits per heavy atom. The van der Waals surface area contributed by atoms with E-state index in [1.165, 1.54) is 17.0 Å². The van der Waals surface area contributed by atoms with Crippen molar-refractivity contribution in [3.8, 4) is 0 Å². The summed E-state index contributed by atoms with van der Waals surface area (Å²) in [6.45, 7) is 0.834. The summed E-state index contributed by atoms with van der Waals surface area (Å²) in [5.74, 6) is -3.89. The van der Waals surface area contributed by atoms with Crippen LogP contribution in [0.3, 0.4) is 0 Å². The Morgan fingerprint density at radius 2 is 1.92 bits per heavy atom. The molecule has 0 bridgehead atoms. The maximum atomic E-state index is 13.7. The fourth-order valence-electron chi connectivity index (χ4n) is 4.40. The van der Waals surface area contributed by atoms with Crippen LogP contribution >= 0.6 is 0 Å². The van der Waals surface area contributed by atoms with E-state index in [-0.39, 0.29) is 55.9 Å². The molecule has 2 fully saturated rings. The molecular formula is C19H21F3N2O2. The van der Waals surface area contributed by atoms with Crippen molar-refractivity contribution < 1.29 is 22.8 Å². The first-order chi connectivity index (χ1) is 12.3. The van der Waals surface area contributed by atoms with Crippen LogP contribution in [0.5, 0.6) is 0 Å². The Labute approximate surface area is 149 Å². The average molecular weight is 366 g/mol. The molecule has 1 atom stereocenters. The van der Waals surface area contributed by atoms with Crippen LogP contribution in [0.15, 0.2) is 18.2 Å². The van der Waals surface area contributed by atoms with Crippen molar-refractivity contribution in [2.24, 2.45) is 5.92 Å². The third-order valence-electron chi connectivity index (χ3n) is 5.88. The summed E-state index contributed by atoms with van der Waals surface area (Å²) in [5.41, 5.74) is 1.74. The maximum Gasteiger partial charge on any atom is 0.248 e. The molecule has 4 nitrogen and oxygen atoms in total. The SMILES string of the molecule is O=C(C1CCC(F)(F)CC1)N1CC(=O)N2CCc3ccc(F)cc3[C@@H]2C1. The van der Waals surface area contributed by atoms with Crippen molar-refractivity contribution in [2.75, 3.05) is 19.6 Å². The molecule has 0 spiro atoms. The Balaban J connectivity index is 1.54. The number of hydrogen-bond acceptors (Lipinski definition) is 2. The predicted octanol–water partition coefficient (Wildman–Crippen LogP) is 2.92. The van der Waals surface area contributed by atoms with Gasteiger partial charge in [0.25, 0.3) is 0 Å². The summed E-state index contributed by atoms with van der Waals surface area (Å²) in [7, 11) is 0. The highest BCUT2D eigenvalue weighted by atomic mass is 19.3. The number of fused-ring (bicyclic) bond motifs is 3. The monoisotopic (exact) mass is 366 g/mol. The predicted molar refractivity (Wildman–Crippen MR) is 88.0 cm³/mol. The highest BCUT2D eigenvalue weighted by molar-refractivity contribution is 5.87. The number of carbonyl (C=O) groups excluding carboxylic acids is 2. The van der Waals surface area contributed by atoms with Gasteiger partial charge in [0.05, 0.1) is 12.6 Å². The first-order valence-corrected chi connectivity index (χ1v) is 9.08. The van der Waals surface area contributed by atoms with E-state index in [0.29, 0.717) is 19.5 Å². The summed E-state index contributed by atoms with van der Waals surface area (Å²) in [6.07, 6.45) is 0.402. The topological polar surface area (TPSA) is 40.6 Å². The summed E-state index contributed by atoms with van der Waals surface area (Å²) in [5, 5.41) is 0. The van der Waals surface area contributed by atoms with Crippen molar-refractivity contribution >= 4 is 11.8 Å². The molecule has 4 rings (SSSR count). The number of benzene rings is 1. The van der Waals surface area contributed by atoms with Crippen LogP contribution < -0.4 is 0 Å². The summed E-state index contributed by atoms with van der Waals surface area (Å²) < 4.78 is 40.4. The summed E-state index contributed by atoms with van der Waals surface area (Å²) >= 11 is 0. The smallest absolute Gasteiger partial charge is 0.248 e. The molecule has 1 aliphatic carbocycles. The van der Waals surface area contributed by atoms with E-state index in [0.717, 1.165) is 11.1 Å². The number of alkyl halides is 2. The number of piperazine rings is 1. The first-order valence-electron chi connectivity index (χ1n) is 9.08. The lowest BCUT2D eigenvalue weighted by atomic mass is 9.85. The van der Waals surface area contributed by atoms with Gasteiger partial charge >= 0.3 is 0 Å². The standard InChI is InChI=1S/C19H21F3N2O2/c20-14-2-1-12-5-8-24-16(15(12)9-14)10-23(11-17(24)25)18(26)13-3-6-19(21,22)7-4-13/h1-2,9,13,16H,3-8,10-11H2/t16-/m0/s1. The Morgan fingerprint density at radius 3 is 2.65 bits per heavy atom. The molecule has 0 unspecified atom stereocenters. The molecule has 2 aliphatic heterocycles. The quantitative estimate of drug-likeness (QED) is 0.767. The molecule has 1 aromatic carbocycles. The molecule has 2 amide bonds. The molecule has 0 N–H and O–H groups in total. The van der Waals surface area contributed by atoms with Crippen LogP contribution in [-0.4, -0.2) is 47.2 Å². The number of amides is 2. The van der Waals surface area contributed by atoms with Gasteiger partial charge in [0.1, 0.15) is 5.82 Å². The number of hydrogen-bond donors (Lipinski definition) is 0. The lowest BCUT2D eigenvalue weighted by Crippen LogP contribution is -2.56. The number of nitrogens with zero attached hydrogens (tertiary/aromatic N) is 2. The first kappa shape index (κ1) is 17.4. The molecule has 1 aromatic rings. The zero-order valence-electron chi connectivity index (χ0n) is 14.4. The van der Waals surface area contributed by atoms with Crippen LogP contribution in [0.4, 0.5) is 13.2 Å². The zero-order valence-corrected chi connectivity index (χ0v) is 14.4. The minimum atomic E-state index is -2.69. The third-order valence-corrected chi connectivity index (χ3v) is 5.88. The van der Waals surface area contributed by atoms with E-state index in [2.05, 4.69) is 0 Å². The van der Waals surface area contributed by atoms with Crippen molar-refractivity contribution in [2.45, 2.75) is 44.1 Å². The Hall–Kier alpha value is -2.05. The molecule has 0 aromatic heterocycles. The van der Waals surface area contributed by atoms with Gasteiger partial charge < -0.3 is 9.80 Å². The lowest BCUT2D eigenvalue weighted by molar-refractivity contribution is -0.153. The fraction of sp³-hybridized carbons (Fsp3) is 0.579. The van der Waals surface area contributed by atoms with Gasteiger partial charge in [-0.1, -0.05) is 6.07 Å². The second kappa shape index (κ2) is 6.28. The van der Waals surface area contributed by atoms with Gasteiger partial charge in [-0.15, -0.1) is 0 Å². The van der Waals surface area contributed by atoms with Crippen molar-refractivity contribution in [1.29, 1.82) is 0 Å². The van der Waals surface area contributed by atoms with Gasteiger partial charge in [-0.3, -0.25) is 9.59 Å². The van der Waals surface area contributed by atoms with E-state index in [4.69, 9.17) is 0 Å². The van der Waals surface area contributed by atoms with Crippen LogP contribution in [0.25, 0.3) is 0 Å². The highest BCUT2D eigenvalue weighted by Crippen LogP contribution is 2.38. The molecule has 140 valence electrons.